The maximum absolute atomic E-state index is 14.0. The summed E-state index contributed by atoms with van der Waals surface area (Å²) in [5.74, 6) is -4.91. The number of methoxy groups -OCH3 is 1. The number of halogens is 3. The second-order valence-corrected chi connectivity index (χ2v) is 9.30. The molecule has 0 saturated carbocycles. The number of rotatable bonds is 5. The Hall–Kier alpha value is -3.62. The lowest BCUT2D eigenvalue weighted by atomic mass is 9.71. The van der Waals surface area contributed by atoms with Gasteiger partial charge < -0.3 is 4.74 Å². The largest absolute Gasteiger partial charge is 0.468 e. The highest BCUT2D eigenvalue weighted by molar-refractivity contribution is 6.30. The van der Waals surface area contributed by atoms with Gasteiger partial charge >= 0.3 is 5.97 Å². The summed E-state index contributed by atoms with van der Waals surface area (Å²) in [5.41, 5.74) is 0.155. The zero-order chi connectivity index (χ0) is 25.6. The number of likely N-dealkylation sites (tertiary alicyclic amines) is 1. The summed E-state index contributed by atoms with van der Waals surface area (Å²) >= 11 is 5.97. The first-order chi connectivity index (χ1) is 17.3. The highest BCUT2D eigenvalue weighted by atomic mass is 35.5. The average Bonchev–Trinajstić information content (AvgIpc) is 3.36. The topological polar surface area (TPSA) is 75.7 Å². The molecule has 2 aliphatic heterocycles. The Morgan fingerprint density at radius 1 is 0.917 bits per heavy atom. The number of carbonyl (C=O) groups is 3. The molecule has 3 atom stereocenters. The Bertz CT molecular complexity index is 1280. The fourth-order valence-electron chi connectivity index (χ4n) is 5.35. The number of hydrogen-bond donors (Lipinski definition) is 1. The fourth-order valence-corrected chi connectivity index (χ4v) is 5.47. The maximum atomic E-state index is 14.0. The van der Waals surface area contributed by atoms with Crippen LogP contribution in [0.5, 0.6) is 0 Å². The van der Waals surface area contributed by atoms with Crippen LogP contribution in [0.25, 0.3) is 0 Å². The molecule has 2 fully saturated rings. The minimum atomic E-state index is -1.42. The molecule has 3 aromatic rings. The van der Waals surface area contributed by atoms with Gasteiger partial charge in [0.05, 0.1) is 31.0 Å². The van der Waals surface area contributed by atoms with E-state index in [0.717, 1.165) is 4.90 Å². The van der Waals surface area contributed by atoms with Crippen molar-refractivity contribution < 1.29 is 27.9 Å². The van der Waals surface area contributed by atoms with Crippen LogP contribution in [0.4, 0.5) is 8.78 Å². The van der Waals surface area contributed by atoms with Crippen molar-refractivity contribution in [2.45, 2.75) is 18.1 Å². The number of hydrogen-bond acceptors (Lipinski definition) is 5. The summed E-state index contributed by atoms with van der Waals surface area (Å²) in [6.45, 7) is -0.0152. The molecule has 2 aliphatic rings. The van der Waals surface area contributed by atoms with Crippen molar-refractivity contribution in [3.8, 4) is 0 Å². The van der Waals surface area contributed by atoms with E-state index in [-0.39, 0.29) is 6.54 Å². The molecule has 184 valence electrons. The van der Waals surface area contributed by atoms with Crippen LogP contribution >= 0.6 is 11.6 Å². The predicted octanol–water partition coefficient (Wildman–Crippen LogP) is 3.81. The van der Waals surface area contributed by atoms with Crippen LogP contribution in [0.2, 0.25) is 5.02 Å². The number of amides is 2. The van der Waals surface area contributed by atoms with Crippen molar-refractivity contribution in [1.29, 1.82) is 0 Å². The number of carbonyl (C=O) groups excluding carboxylic acids is 3. The Morgan fingerprint density at radius 2 is 1.44 bits per heavy atom. The lowest BCUT2D eigenvalue weighted by Gasteiger charge is -2.36. The van der Waals surface area contributed by atoms with Crippen LogP contribution < -0.4 is 5.32 Å². The Kier molecular flexibility index (Phi) is 6.10. The van der Waals surface area contributed by atoms with Gasteiger partial charge in [0.25, 0.3) is 0 Å². The quantitative estimate of drug-likeness (QED) is 0.417. The van der Waals surface area contributed by atoms with Gasteiger partial charge in [-0.2, -0.15) is 0 Å². The van der Waals surface area contributed by atoms with Gasteiger partial charge in [0.2, 0.25) is 11.8 Å². The Balaban J connectivity index is 1.68. The van der Waals surface area contributed by atoms with Crippen molar-refractivity contribution in [2.24, 2.45) is 11.8 Å². The summed E-state index contributed by atoms with van der Waals surface area (Å²) in [5, 5.41) is 3.69. The van der Waals surface area contributed by atoms with Crippen LogP contribution in [0.3, 0.4) is 0 Å². The normalized spacial score (nSPS) is 22.6. The van der Waals surface area contributed by atoms with Gasteiger partial charge in [0.15, 0.2) is 0 Å². The second-order valence-electron chi connectivity index (χ2n) is 8.86. The Morgan fingerprint density at radius 3 is 1.94 bits per heavy atom. The molecule has 1 N–H and O–H groups in total. The first-order valence-corrected chi connectivity index (χ1v) is 11.6. The molecule has 0 radical (unpaired) electrons. The van der Waals surface area contributed by atoms with Crippen molar-refractivity contribution >= 4 is 29.4 Å². The smallest absolute Gasteiger partial charge is 0.323 e. The van der Waals surface area contributed by atoms with E-state index in [1.165, 1.54) is 55.6 Å². The minimum Gasteiger partial charge on any atom is -0.468 e. The lowest BCUT2D eigenvalue weighted by molar-refractivity contribution is -0.148. The first kappa shape index (κ1) is 24.1. The van der Waals surface area contributed by atoms with Gasteiger partial charge in [0, 0.05) is 5.02 Å². The summed E-state index contributed by atoms with van der Waals surface area (Å²) in [6.07, 6.45) is 0. The van der Waals surface area contributed by atoms with Crippen molar-refractivity contribution in [3.05, 3.63) is 106 Å². The van der Waals surface area contributed by atoms with Crippen molar-refractivity contribution in [3.63, 3.8) is 0 Å². The number of imide groups is 1. The van der Waals surface area contributed by atoms with E-state index >= 15 is 0 Å². The van der Waals surface area contributed by atoms with E-state index in [0.29, 0.717) is 21.7 Å². The highest BCUT2D eigenvalue weighted by Crippen LogP contribution is 2.52. The SMILES string of the molecule is COC(=O)[C@H]1NC(c2ccc(F)cc2)(c2ccc(F)cc2)[C@@H]2C(=O)N(Cc3ccc(Cl)cc3)C(=O)[C@@H]12. The molecule has 6 nitrogen and oxygen atoms in total. The third-order valence-corrected chi connectivity index (χ3v) is 7.21. The first-order valence-electron chi connectivity index (χ1n) is 11.2. The summed E-state index contributed by atoms with van der Waals surface area (Å²) in [6, 6.07) is 16.4. The van der Waals surface area contributed by atoms with E-state index in [4.69, 9.17) is 16.3 Å². The highest BCUT2D eigenvalue weighted by Gasteiger charge is 2.68. The zero-order valence-corrected chi connectivity index (χ0v) is 19.8. The molecular weight excluding hydrogens is 490 g/mol. The standard InChI is InChI=1S/C27H21ClF2N2O4/c1-36-26(35)23-21-22(25(34)32(24(21)33)14-15-2-8-18(28)9-3-15)27(31-23,16-4-10-19(29)11-5-16)17-6-12-20(30)13-7-17/h2-13,21-23,31H,14H2,1H3/t21-,22+,23+/m1/s1. The van der Waals surface area contributed by atoms with E-state index in [9.17, 15) is 23.2 Å². The van der Waals surface area contributed by atoms with Crippen molar-refractivity contribution in [2.75, 3.05) is 7.11 Å². The van der Waals surface area contributed by atoms with Crippen LogP contribution in [0.1, 0.15) is 16.7 Å². The van der Waals surface area contributed by atoms with E-state index < -0.39 is 52.8 Å². The molecule has 36 heavy (non-hydrogen) atoms. The molecule has 5 rings (SSSR count). The number of nitrogens with one attached hydrogen (secondary N) is 1. The monoisotopic (exact) mass is 510 g/mol. The third-order valence-electron chi connectivity index (χ3n) is 6.96. The van der Waals surface area contributed by atoms with E-state index in [1.54, 1.807) is 24.3 Å². The lowest BCUT2D eigenvalue weighted by Crippen LogP contribution is -2.51. The molecule has 3 aromatic carbocycles. The summed E-state index contributed by atoms with van der Waals surface area (Å²) < 4.78 is 32.7. The van der Waals surface area contributed by atoms with Gasteiger partial charge in [0.1, 0.15) is 17.7 Å². The van der Waals surface area contributed by atoms with Gasteiger partial charge in [-0.3, -0.25) is 24.6 Å². The predicted molar refractivity (Wildman–Crippen MR) is 127 cm³/mol. The second kappa shape index (κ2) is 9.11. The summed E-state index contributed by atoms with van der Waals surface area (Å²) in [7, 11) is 1.20. The van der Waals surface area contributed by atoms with E-state index in [1.807, 2.05) is 0 Å². The van der Waals surface area contributed by atoms with Crippen LogP contribution in [-0.2, 0) is 31.2 Å². The summed E-state index contributed by atoms with van der Waals surface area (Å²) in [4.78, 5) is 41.6. The molecule has 0 bridgehead atoms. The maximum Gasteiger partial charge on any atom is 0.323 e. The average molecular weight is 511 g/mol. The molecular formula is C27H21ClF2N2O4. The molecule has 0 aliphatic carbocycles. The Labute approximate surface area is 210 Å². The molecule has 0 aromatic heterocycles. The third kappa shape index (κ3) is 3.77. The fraction of sp³-hybridized carbons (Fsp3) is 0.222. The molecule has 2 heterocycles. The van der Waals surface area contributed by atoms with Gasteiger partial charge in [-0.25, -0.2) is 8.78 Å². The van der Waals surface area contributed by atoms with Crippen molar-refractivity contribution in [1.82, 2.24) is 10.2 Å². The van der Waals surface area contributed by atoms with Crippen LogP contribution in [-0.4, -0.2) is 35.8 Å². The number of esters is 1. The van der Waals surface area contributed by atoms with Gasteiger partial charge in [-0.1, -0.05) is 48.0 Å². The zero-order valence-electron chi connectivity index (χ0n) is 19.1. The van der Waals surface area contributed by atoms with Crippen LogP contribution in [0.15, 0.2) is 72.8 Å². The minimum absolute atomic E-state index is 0.0152. The van der Waals surface area contributed by atoms with Crippen LogP contribution in [0, 0.1) is 23.5 Å². The van der Waals surface area contributed by atoms with Gasteiger partial charge in [-0.15, -0.1) is 0 Å². The number of fused-ring (bicyclic) bond motifs is 1. The molecule has 2 amide bonds. The van der Waals surface area contributed by atoms with Gasteiger partial charge in [-0.05, 0) is 53.1 Å². The molecule has 9 heteroatoms. The molecule has 0 unspecified atom stereocenters. The van der Waals surface area contributed by atoms with E-state index in [2.05, 4.69) is 5.32 Å². The number of nitrogens with zero attached hydrogens (tertiary/aromatic N) is 1. The number of ether oxygens (including phenoxy) is 1. The molecule has 0 spiro atoms. The number of benzene rings is 3. The molecule has 2 saturated heterocycles.